The standard InChI is InChI=1S/C13H18N2O/c1-8-5-10(13(14)16)3-4-11(8)7-15-12-6-9(12)2/h3-5,9,12,15H,6-7H2,1-2H3,(H2,14,16). The van der Waals surface area contributed by atoms with Crippen molar-refractivity contribution in [2.75, 3.05) is 0 Å². The second-order valence-electron chi connectivity index (χ2n) is 4.71. The third kappa shape index (κ3) is 2.42. The maximum atomic E-state index is 11.0. The van der Waals surface area contributed by atoms with Gasteiger partial charge in [-0.3, -0.25) is 4.79 Å². The fourth-order valence-corrected chi connectivity index (χ4v) is 1.90. The van der Waals surface area contributed by atoms with Crippen LogP contribution in [-0.4, -0.2) is 11.9 Å². The molecule has 0 bridgehead atoms. The van der Waals surface area contributed by atoms with Crippen LogP contribution in [0.3, 0.4) is 0 Å². The zero-order chi connectivity index (χ0) is 11.7. The molecule has 2 atom stereocenters. The lowest BCUT2D eigenvalue weighted by molar-refractivity contribution is 0.1000. The van der Waals surface area contributed by atoms with Crippen LogP contribution in [0.15, 0.2) is 18.2 Å². The molecule has 1 aliphatic rings. The van der Waals surface area contributed by atoms with Crippen molar-refractivity contribution < 1.29 is 4.79 Å². The van der Waals surface area contributed by atoms with Crippen LogP contribution in [0.4, 0.5) is 0 Å². The molecule has 1 saturated carbocycles. The Labute approximate surface area is 96.0 Å². The van der Waals surface area contributed by atoms with Crippen molar-refractivity contribution in [2.24, 2.45) is 11.7 Å². The van der Waals surface area contributed by atoms with E-state index in [1.54, 1.807) is 6.07 Å². The second-order valence-corrected chi connectivity index (χ2v) is 4.71. The minimum absolute atomic E-state index is 0.363. The van der Waals surface area contributed by atoms with E-state index in [0.717, 1.165) is 18.0 Å². The van der Waals surface area contributed by atoms with Gasteiger partial charge in [0.25, 0.3) is 0 Å². The molecule has 0 aliphatic heterocycles. The van der Waals surface area contributed by atoms with Gasteiger partial charge in [0, 0.05) is 18.2 Å². The Bertz CT molecular complexity index is 414. The lowest BCUT2D eigenvalue weighted by Gasteiger charge is -2.08. The normalized spacial score (nSPS) is 23.1. The van der Waals surface area contributed by atoms with Gasteiger partial charge in [-0.05, 0) is 42.5 Å². The van der Waals surface area contributed by atoms with Crippen LogP contribution in [0.5, 0.6) is 0 Å². The number of carbonyl (C=O) groups excluding carboxylic acids is 1. The number of hydrogen-bond donors (Lipinski definition) is 2. The summed E-state index contributed by atoms with van der Waals surface area (Å²) in [6, 6.07) is 6.31. The summed E-state index contributed by atoms with van der Waals surface area (Å²) in [5, 5.41) is 3.50. The zero-order valence-corrected chi connectivity index (χ0v) is 9.79. The highest BCUT2D eigenvalue weighted by atomic mass is 16.1. The van der Waals surface area contributed by atoms with Gasteiger partial charge in [-0.1, -0.05) is 13.0 Å². The first-order valence-corrected chi connectivity index (χ1v) is 5.70. The highest BCUT2D eigenvalue weighted by Crippen LogP contribution is 2.29. The van der Waals surface area contributed by atoms with E-state index in [-0.39, 0.29) is 5.91 Å². The van der Waals surface area contributed by atoms with E-state index in [1.165, 1.54) is 12.0 Å². The quantitative estimate of drug-likeness (QED) is 0.806. The minimum atomic E-state index is -0.363. The number of rotatable bonds is 4. The number of amides is 1. The van der Waals surface area contributed by atoms with Crippen molar-refractivity contribution in [1.29, 1.82) is 0 Å². The fourth-order valence-electron chi connectivity index (χ4n) is 1.90. The number of nitrogens with one attached hydrogen (secondary N) is 1. The smallest absolute Gasteiger partial charge is 0.248 e. The second kappa shape index (κ2) is 4.26. The Morgan fingerprint density at radius 2 is 2.25 bits per heavy atom. The molecule has 1 fully saturated rings. The molecule has 3 heteroatoms. The SMILES string of the molecule is Cc1cc(C(N)=O)ccc1CNC1CC1C. The number of carbonyl (C=O) groups is 1. The van der Waals surface area contributed by atoms with Crippen molar-refractivity contribution in [2.45, 2.75) is 32.9 Å². The molecule has 0 radical (unpaired) electrons. The fraction of sp³-hybridized carbons (Fsp3) is 0.462. The van der Waals surface area contributed by atoms with Gasteiger partial charge in [0.2, 0.25) is 5.91 Å². The average molecular weight is 218 g/mol. The Balaban J connectivity index is 2.01. The first-order chi connectivity index (χ1) is 7.58. The third-order valence-corrected chi connectivity index (χ3v) is 3.29. The highest BCUT2D eigenvalue weighted by Gasteiger charge is 2.31. The molecule has 0 saturated heterocycles. The monoisotopic (exact) mass is 218 g/mol. The molecule has 1 aromatic carbocycles. The van der Waals surface area contributed by atoms with E-state index in [0.29, 0.717) is 11.6 Å². The molecule has 0 spiro atoms. The van der Waals surface area contributed by atoms with E-state index in [4.69, 9.17) is 5.73 Å². The van der Waals surface area contributed by atoms with Gasteiger partial charge in [-0.15, -0.1) is 0 Å². The van der Waals surface area contributed by atoms with Gasteiger partial charge in [0.1, 0.15) is 0 Å². The van der Waals surface area contributed by atoms with Crippen LogP contribution in [0, 0.1) is 12.8 Å². The number of benzene rings is 1. The van der Waals surface area contributed by atoms with Gasteiger partial charge in [-0.25, -0.2) is 0 Å². The van der Waals surface area contributed by atoms with Crippen LogP contribution < -0.4 is 11.1 Å². The zero-order valence-electron chi connectivity index (χ0n) is 9.79. The van der Waals surface area contributed by atoms with E-state index >= 15 is 0 Å². The molecular formula is C13H18N2O. The predicted octanol–water partition coefficient (Wildman–Crippen LogP) is 1.59. The molecule has 16 heavy (non-hydrogen) atoms. The summed E-state index contributed by atoms with van der Waals surface area (Å²) in [5.74, 6) is 0.448. The van der Waals surface area contributed by atoms with E-state index in [9.17, 15) is 4.79 Å². The first-order valence-electron chi connectivity index (χ1n) is 5.70. The molecule has 1 aliphatic carbocycles. The Kier molecular flexibility index (Phi) is 2.97. The summed E-state index contributed by atoms with van der Waals surface area (Å²) < 4.78 is 0. The van der Waals surface area contributed by atoms with Gasteiger partial charge >= 0.3 is 0 Å². The Morgan fingerprint density at radius 1 is 1.56 bits per heavy atom. The van der Waals surface area contributed by atoms with Crippen LogP contribution in [-0.2, 0) is 6.54 Å². The summed E-state index contributed by atoms with van der Waals surface area (Å²) in [6.07, 6.45) is 1.28. The lowest BCUT2D eigenvalue weighted by Crippen LogP contribution is -2.18. The summed E-state index contributed by atoms with van der Waals surface area (Å²) in [5.41, 5.74) is 8.18. The summed E-state index contributed by atoms with van der Waals surface area (Å²) >= 11 is 0. The molecule has 3 N–H and O–H groups in total. The Morgan fingerprint density at radius 3 is 2.75 bits per heavy atom. The molecule has 86 valence electrons. The van der Waals surface area contributed by atoms with Gasteiger partial charge in [0.05, 0.1) is 0 Å². The van der Waals surface area contributed by atoms with Crippen LogP contribution in [0.1, 0.15) is 34.8 Å². The van der Waals surface area contributed by atoms with E-state index < -0.39 is 0 Å². The van der Waals surface area contributed by atoms with Crippen LogP contribution in [0.25, 0.3) is 0 Å². The molecular weight excluding hydrogens is 200 g/mol. The van der Waals surface area contributed by atoms with Crippen LogP contribution in [0.2, 0.25) is 0 Å². The molecule has 3 nitrogen and oxygen atoms in total. The maximum absolute atomic E-state index is 11.0. The number of primary amides is 1. The largest absolute Gasteiger partial charge is 0.366 e. The van der Waals surface area contributed by atoms with Gasteiger partial charge in [-0.2, -0.15) is 0 Å². The number of hydrogen-bond acceptors (Lipinski definition) is 2. The van der Waals surface area contributed by atoms with Crippen LogP contribution >= 0.6 is 0 Å². The first kappa shape index (κ1) is 11.1. The van der Waals surface area contributed by atoms with Gasteiger partial charge < -0.3 is 11.1 Å². The predicted molar refractivity (Wildman–Crippen MR) is 64.1 cm³/mol. The number of nitrogens with two attached hydrogens (primary N) is 1. The summed E-state index contributed by atoms with van der Waals surface area (Å²) in [6.45, 7) is 5.14. The van der Waals surface area contributed by atoms with E-state index in [1.807, 2.05) is 19.1 Å². The minimum Gasteiger partial charge on any atom is -0.366 e. The van der Waals surface area contributed by atoms with Crippen molar-refractivity contribution in [3.8, 4) is 0 Å². The van der Waals surface area contributed by atoms with Crippen molar-refractivity contribution in [3.63, 3.8) is 0 Å². The van der Waals surface area contributed by atoms with Crippen molar-refractivity contribution >= 4 is 5.91 Å². The molecule has 1 aromatic rings. The maximum Gasteiger partial charge on any atom is 0.248 e. The molecule has 2 rings (SSSR count). The Hall–Kier alpha value is -1.35. The van der Waals surface area contributed by atoms with Crippen molar-refractivity contribution in [1.82, 2.24) is 5.32 Å². The molecule has 0 aromatic heterocycles. The summed E-state index contributed by atoms with van der Waals surface area (Å²) in [7, 11) is 0. The molecule has 2 unspecified atom stereocenters. The third-order valence-electron chi connectivity index (χ3n) is 3.29. The number of aryl methyl sites for hydroxylation is 1. The lowest BCUT2D eigenvalue weighted by atomic mass is 10.0. The topological polar surface area (TPSA) is 55.1 Å². The molecule has 1 amide bonds. The van der Waals surface area contributed by atoms with Crippen molar-refractivity contribution in [3.05, 3.63) is 34.9 Å². The summed E-state index contributed by atoms with van der Waals surface area (Å²) in [4.78, 5) is 11.0. The van der Waals surface area contributed by atoms with Gasteiger partial charge in [0.15, 0.2) is 0 Å². The highest BCUT2D eigenvalue weighted by molar-refractivity contribution is 5.93. The molecule has 0 heterocycles. The van der Waals surface area contributed by atoms with E-state index in [2.05, 4.69) is 12.2 Å². The average Bonchev–Trinajstić information content (AvgIpc) is 2.92.